The van der Waals surface area contributed by atoms with Crippen LogP contribution in [0.4, 0.5) is 0 Å². The Morgan fingerprint density at radius 3 is 2.15 bits per heavy atom. The van der Waals surface area contributed by atoms with E-state index in [0.717, 1.165) is 5.92 Å². The van der Waals surface area contributed by atoms with Crippen molar-refractivity contribution in [2.24, 2.45) is 0 Å². The van der Waals surface area contributed by atoms with Gasteiger partial charge in [-0.1, -0.05) is 12.8 Å². The van der Waals surface area contributed by atoms with Crippen molar-refractivity contribution in [1.29, 1.82) is 0 Å². The number of hydrogen-bond acceptors (Lipinski definition) is 0. The third-order valence-electron chi connectivity index (χ3n) is 2.57. The largest absolute Gasteiger partial charge is 2.00 e. The Hall–Kier alpha value is 0.466. The number of rotatable bonds is 1. The molecule has 1 aromatic rings. The molecule has 0 atom stereocenters. The van der Waals surface area contributed by atoms with Gasteiger partial charge in [-0.3, -0.25) is 0 Å². The second-order valence-electron chi connectivity index (χ2n) is 3.31. The number of benzene rings is 1. The molecule has 0 nitrogen and oxygen atoms in total. The molecule has 13 heavy (non-hydrogen) atoms. The van der Waals surface area contributed by atoms with Gasteiger partial charge in [-0.05, 0) is 18.8 Å². The predicted octanol–water partition coefficient (Wildman–Crippen LogP) is -0.232. The Labute approximate surface area is 107 Å². The first-order chi connectivity index (χ1) is 5.47. The predicted molar refractivity (Wildman–Crippen MR) is 52.2 cm³/mol. The molecule has 2 rings (SSSR count). The minimum atomic E-state index is 0. The van der Waals surface area contributed by atoms with Crippen molar-refractivity contribution in [2.45, 2.75) is 31.6 Å². The molecule has 1 aromatic carbocycles. The summed E-state index contributed by atoms with van der Waals surface area (Å²) in [7, 11) is 0. The fourth-order valence-corrected chi connectivity index (χ4v) is 1.93. The molecule has 1 aliphatic carbocycles. The first-order valence-corrected chi connectivity index (χ1v) is 4.43. The van der Waals surface area contributed by atoms with E-state index in [9.17, 15) is 0 Å². The van der Waals surface area contributed by atoms with Crippen molar-refractivity contribution in [2.75, 3.05) is 0 Å². The van der Waals surface area contributed by atoms with Gasteiger partial charge in [0.15, 0.2) is 0 Å². The molecular formula is C11H13BrMg. The zero-order valence-electron chi connectivity index (χ0n) is 7.80. The van der Waals surface area contributed by atoms with Gasteiger partial charge in [-0.25, -0.2) is 0 Å². The molecule has 2 heteroatoms. The molecule has 0 unspecified atom stereocenters. The summed E-state index contributed by atoms with van der Waals surface area (Å²) >= 11 is 0. The maximum atomic E-state index is 3.06. The summed E-state index contributed by atoms with van der Waals surface area (Å²) in [4.78, 5) is 0. The van der Waals surface area contributed by atoms with Crippen molar-refractivity contribution in [1.82, 2.24) is 0 Å². The molecule has 1 aliphatic rings. The van der Waals surface area contributed by atoms with E-state index in [1.54, 1.807) is 0 Å². The monoisotopic (exact) mass is 248 g/mol. The van der Waals surface area contributed by atoms with Gasteiger partial charge in [-0.15, -0.1) is 0 Å². The van der Waals surface area contributed by atoms with Gasteiger partial charge in [0.2, 0.25) is 0 Å². The maximum Gasteiger partial charge on any atom is 2.00 e. The van der Waals surface area contributed by atoms with E-state index in [0.29, 0.717) is 0 Å². The molecule has 1 fully saturated rings. The molecule has 0 spiro atoms. The van der Waals surface area contributed by atoms with E-state index >= 15 is 0 Å². The van der Waals surface area contributed by atoms with Crippen LogP contribution < -0.4 is 17.0 Å². The standard InChI is InChI=1S/C11H13.BrH.Mg/c1-2-6-10(7-3-1)11-8-4-5-9-11;;/h2-3,6-7,11H,4-5,8-9H2;1H;/q-1;;+2/p-1. The van der Waals surface area contributed by atoms with Crippen LogP contribution in [0.3, 0.4) is 0 Å². The molecule has 0 bridgehead atoms. The maximum absolute atomic E-state index is 3.06. The van der Waals surface area contributed by atoms with Crippen LogP contribution in [0.15, 0.2) is 24.3 Å². The SMILES string of the molecule is [Br-].[Mg+2].[c-]1ccc(C2CCCC2)cc1. The molecule has 0 heterocycles. The van der Waals surface area contributed by atoms with Gasteiger partial charge in [0.25, 0.3) is 0 Å². The molecule has 0 saturated heterocycles. The number of halogens is 1. The Bertz CT molecular complexity index is 217. The average molecular weight is 249 g/mol. The van der Waals surface area contributed by atoms with Crippen LogP contribution in [0, 0.1) is 6.07 Å². The van der Waals surface area contributed by atoms with E-state index in [-0.39, 0.29) is 40.0 Å². The molecule has 0 N–H and O–H groups in total. The van der Waals surface area contributed by atoms with Crippen molar-refractivity contribution >= 4 is 23.1 Å². The van der Waals surface area contributed by atoms with Crippen LogP contribution in [0.5, 0.6) is 0 Å². The Kier molecular flexibility index (Phi) is 7.10. The topological polar surface area (TPSA) is 0 Å². The molecule has 0 amide bonds. The molecule has 0 aliphatic heterocycles. The zero-order chi connectivity index (χ0) is 7.52. The van der Waals surface area contributed by atoms with Gasteiger partial charge in [0.1, 0.15) is 0 Å². The first kappa shape index (κ1) is 13.5. The van der Waals surface area contributed by atoms with Gasteiger partial charge < -0.3 is 17.0 Å². The third kappa shape index (κ3) is 3.60. The quantitative estimate of drug-likeness (QED) is 0.476. The second-order valence-corrected chi connectivity index (χ2v) is 3.31. The van der Waals surface area contributed by atoms with Crippen LogP contribution in [0.1, 0.15) is 37.2 Å². The second kappa shape index (κ2) is 6.85. The summed E-state index contributed by atoms with van der Waals surface area (Å²) in [6, 6.07) is 11.5. The van der Waals surface area contributed by atoms with Crippen molar-refractivity contribution < 1.29 is 17.0 Å². The smallest absolute Gasteiger partial charge is 1.00 e. The van der Waals surface area contributed by atoms with Crippen LogP contribution in [-0.4, -0.2) is 23.1 Å². The summed E-state index contributed by atoms with van der Waals surface area (Å²) in [6.07, 6.45) is 5.63. The van der Waals surface area contributed by atoms with Crippen LogP contribution in [0.25, 0.3) is 0 Å². The molecule has 66 valence electrons. The normalized spacial score (nSPS) is 16.0. The van der Waals surface area contributed by atoms with Crippen molar-refractivity contribution in [3.8, 4) is 0 Å². The Morgan fingerprint density at radius 1 is 1.08 bits per heavy atom. The van der Waals surface area contributed by atoms with Crippen LogP contribution >= 0.6 is 0 Å². The summed E-state index contributed by atoms with van der Waals surface area (Å²) < 4.78 is 0. The summed E-state index contributed by atoms with van der Waals surface area (Å²) in [5.41, 5.74) is 1.52. The number of hydrogen-bond donors (Lipinski definition) is 0. The van der Waals surface area contributed by atoms with E-state index < -0.39 is 0 Å². The fourth-order valence-electron chi connectivity index (χ4n) is 1.93. The van der Waals surface area contributed by atoms with E-state index in [2.05, 4.69) is 18.2 Å². The van der Waals surface area contributed by atoms with Gasteiger partial charge in [0, 0.05) is 0 Å². The van der Waals surface area contributed by atoms with E-state index in [1.165, 1.54) is 31.2 Å². The molecule has 1 saturated carbocycles. The molecule has 0 radical (unpaired) electrons. The molecule has 0 aromatic heterocycles. The summed E-state index contributed by atoms with van der Waals surface area (Å²) in [6.45, 7) is 0. The van der Waals surface area contributed by atoms with Gasteiger partial charge in [-0.2, -0.15) is 35.9 Å². The van der Waals surface area contributed by atoms with Crippen LogP contribution in [-0.2, 0) is 0 Å². The van der Waals surface area contributed by atoms with Gasteiger partial charge >= 0.3 is 23.1 Å². The minimum Gasteiger partial charge on any atom is -1.00 e. The summed E-state index contributed by atoms with van der Waals surface area (Å²) in [5, 5.41) is 0. The summed E-state index contributed by atoms with van der Waals surface area (Å²) in [5.74, 6) is 0.851. The van der Waals surface area contributed by atoms with Crippen molar-refractivity contribution in [3.05, 3.63) is 35.9 Å². The average Bonchev–Trinajstić information content (AvgIpc) is 2.58. The Balaban J connectivity index is 0.000000720. The zero-order valence-corrected chi connectivity index (χ0v) is 10.8. The van der Waals surface area contributed by atoms with Crippen LogP contribution in [0.2, 0.25) is 0 Å². The fraction of sp³-hybridized carbons (Fsp3) is 0.455. The first-order valence-electron chi connectivity index (χ1n) is 4.43. The van der Waals surface area contributed by atoms with Gasteiger partial charge in [0.05, 0.1) is 0 Å². The Morgan fingerprint density at radius 2 is 1.62 bits per heavy atom. The van der Waals surface area contributed by atoms with E-state index in [4.69, 9.17) is 0 Å². The van der Waals surface area contributed by atoms with Crippen molar-refractivity contribution in [3.63, 3.8) is 0 Å². The minimum absolute atomic E-state index is 0. The molecular weight excluding hydrogens is 236 g/mol. The van der Waals surface area contributed by atoms with E-state index in [1.807, 2.05) is 12.1 Å². The third-order valence-corrected chi connectivity index (χ3v) is 2.57.